The molecule has 0 aromatic rings. The van der Waals surface area contributed by atoms with Gasteiger partial charge in [-0.15, -0.1) is 0 Å². The first-order valence-corrected chi connectivity index (χ1v) is 10.9. The molecule has 3 aliphatic carbocycles. The molecule has 0 amide bonds. The molecule has 0 aromatic carbocycles. The van der Waals surface area contributed by atoms with Gasteiger partial charge in [-0.3, -0.25) is 0 Å². The highest BCUT2D eigenvalue weighted by molar-refractivity contribution is 6.31. The highest BCUT2D eigenvalue weighted by atomic mass is 35.5. The average molecular weight is 401 g/mol. The highest BCUT2D eigenvalue weighted by Crippen LogP contribution is 2.30. The monoisotopic (exact) mass is 400 g/mol. The van der Waals surface area contributed by atoms with E-state index in [0.717, 1.165) is 49.4 Å². The van der Waals surface area contributed by atoms with Crippen molar-refractivity contribution in [3.05, 3.63) is 70.3 Å². The van der Waals surface area contributed by atoms with Crippen LogP contribution in [-0.4, -0.2) is 18.7 Å². The minimum atomic E-state index is 0.235. The summed E-state index contributed by atoms with van der Waals surface area (Å²) >= 11 is 6.09. The van der Waals surface area contributed by atoms with Crippen molar-refractivity contribution >= 4 is 11.6 Å². The first-order chi connectivity index (χ1) is 13.5. The summed E-state index contributed by atoms with van der Waals surface area (Å²) in [7, 11) is 0. The van der Waals surface area contributed by atoms with Gasteiger partial charge in [-0.25, -0.2) is 0 Å². The van der Waals surface area contributed by atoms with Crippen LogP contribution >= 0.6 is 11.6 Å². The molecule has 2 unspecified atom stereocenters. The molecule has 0 spiro atoms. The number of allylic oxidation sites excluding steroid dienone is 9. The quantitative estimate of drug-likeness (QED) is 0.536. The molecular weight excluding hydrogens is 368 g/mol. The number of nitrogens with one attached hydrogen (secondary N) is 2. The van der Waals surface area contributed by atoms with E-state index in [4.69, 9.17) is 16.3 Å². The van der Waals surface area contributed by atoms with Crippen LogP contribution in [0.5, 0.6) is 0 Å². The second-order valence-corrected chi connectivity index (χ2v) is 8.41. The third-order valence-electron chi connectivity index (χ3n) is 5.21. The van der Waals surface area contributed by atoms with Gasteiger partial charge < -0.3 is 15.4 Å². The molecule has 0 heterocycles. The summed E-state index contributed by atoms with van der Waals surface area (Å²) < 4.78 is 5.83. The van der Waals surface area contributed by atoms with E-state index in [2.05, 4.69) is 67.9 Å². The number of hydrogen-bond donors (Lipinski definition) is 2. The molecule has 0 aliphatic heterocycles. The Morgan fingerprint density at radius 2 is 2.04 bits per heavy atom. The van der Waals surface area contributed by atoms with Crippen LogP contribution < -0.4 is 10.6 Å². The van der Waals surface area contributed by atoms with Crippen molar-refractivity contribution < 1.29 is 4.74 Å². The molecule has 0 saturated carbocycles. The van der Waals surface area contributed by atoms with Crippen LogP contribution in [-0.2, 0) is 4.74 Å². The third-order valence-corrected chi connectivity index (χ3v) is 5.49. The first kappa shape index (κ1) is 21.0. The SMILES string of the molecule is CCNC1C=C(CC2C=CC(Cl)=CC2)C(NC2=CC=C(OC(C)C)CC2)=CC1. The fourth-order valence-corrected chi connectivity index (χ4v) is 4.02. The summed E-state index contributed by atoms with van der Waals surface area (Å²) in [6.07, 6.45) is 20.7. The minimum Gasteiger partial charge on any atom is -0.495 e. The van der Waals surface area contributed by atoms with E-state index in [-0.39, 0.29) is 6.10 Å². The molecule has 4 heteroatoms. The predicted molar refractivity (Wildman–Crippen MR) is 119 cm³/mol. The summed E-state index contributed by atoms with van der Waals surface area (Å²) in [4.78, 5) is 0. The Morgan fingerprint density at radius 3 is 2.68 bits per heavy atom. The molecule has 28 heavy (non-hydrogen) atoms. The van der Waals surface area contributed by atoms with Crippen LogP contribution in [0.2, 0.25) is 0 Å². The van der Waals surface area contributed by atoms with Crippen LogP contribution in [0, 0.1) is 5.92 Å². The fourth-order valence-electron chi connectivity index (χ4n) is 3.86. The van der Waals surface area contributed by atoms with Gasteiger partial charge in [0.2, 0.25) is 0 Å². The molecule has 3 nitrogen and oxygen atoms in total. The van der Waals surface area contributed by atoms with Gasteiger partial charge in [-0.2, -0.15) is 0 Å². The lowest BCUT2D eigenvalue weighted by molar-refractivity contribution is 0.139. The molecule has 0 bridgehead atoms. The Bertz CT molecular complexity index is 740. The second-order valence-electron chi connectivity index (χ2n) is 7.97. The number of ether oxygens (including phenoxy) is 1. The van der Waals surface area contributed by atoms with Gasteiger partial charge in [-0.1, -0.05) is 42.8 Å². The molecule has 0 aromatic heterocycles. The number of halogens is 1. The fraction of sp³-hybridized carbons (Fsp3) is 0.500. The summed E-state index contributed by atoms with van der Waals surface area (Å²) in [5.41, 5.74) is 3.92. The Balaban J connectivity index is 1.68. The maximum Gasteiger partial charge on any atom is 0.0968 e. The van der Waals surface area contributed by atoms with Gasteiger partial charge in [0.25, 0.3) is 0 Å². The Kier molecular flexibility index (Phi) is 7.64. The second kappa shape index (κ2) is 10.2. The van der Waals surface area contributed by atoms with E-state index in [1.54, 1.807) is 0 Å². The zero-order valence-corrected chi connectivity index (χ0v) is 18.1. The normalized spacial score (nSPS) is 24.8. The zero-order chi connectivity index (χ0) is 19.9. The number of likely N-dealkylation sites (N-methyl/N-ethyl adjacent to an activating group) is 1. The van der Waals surface area contributed by atoms with E-state index in [1.807, 2.05) is 6.08 Å². The molecule has 2 atom stereocenters. The zero-order valence-electron chi connectivity index (χ0n) is 17.3. The van der Waals surface area contributed by atoms with E-state index in [1.165, 1.54) is 17.0 Å². The van der Waals surface area contributed by atoms with Gasteiger partial charge in [0, 0.05) is 28.9 Å². The lowest BCUT2D eigenvalue weighted by Crippen LogP contribution is -2.30. The van der Waals surface area contributed by atoms with Crippen LogP contribution in [0.4, 0.5) is 0 Å². The van der Waals surface area contributed by atoms with Gasteiger partial charge in [0.15, 0.2) is 0 Å². The summed E-state index contributed by atoms with van der Waals surface area (Å²) in [5, 5.41) is 8.12. The lowest BCUT2D eigenvalue weighted by atomic mass is 9.87. The Hall–Kier alpha value is -1.71. The van der Waals surface area contributed by atoms with E-state index >= 15 is 0 Å². The van der Waals surface area contributed by atoms with Gasteiger partial charge >= 0.3 is 0 Å². The van der Waals surface area contributed by atoms with Crippen LogP contribution in [0.15, 0.2) is 70.3 Å². The molecular formula is C24H33ClN2O. The van der Waals surface area contributed by atoms with Gasteiger partial charge in [0.05, 0.1) is 11.9 Å². The van der Waals surface area contributed by atoms with Gasteiger partial charge in [0.1, 0.15) is 0 Å². The lowest BCUT2D eigenvalue weighted by Gasteiger charge is -2.27. The Labute approximate surface area is 174 Å². The molecule has 0 saturated heterocycles. The molecule has 2 N–H and O–H groups in total. The van der Waals surface area contributed by atoms with Crippen LogP contribution in [0.1, 0.15) is 52.9 Å². The van der Waals surface area contributed by atoms with E-state index in [9.17, 15) is 0 Å². The van der Waals surface area contributed by atoms with Crippen LogP contribution in [0.25, 0.3) is 0 Å². The Morgan fingerprint density at radius 1 is 1.18 bits per heavy atom. The van der Waals surface area contributed by atoms with Crippen molar-refractivity contribution in [3.63, 3.8) is 0 Å². The van der Waals surface area contributed by atoms with Crippen LogP contribution in [0.3, 0.4) is 0 Å². The summed E-state index contributed by atoms with van der Waals surface area (Å²) in [6.45, 7) is 7.30. The summed E-state index contributed by atoms with van der Waals surface area (Å²) in [5.74, 6) is 1.59. The number of hydrogen-bond acceptors (Lipinski definition) is 3. The van der Waals surface area contributed by atoms with Crippen molar-refractivity contribution in [2.75, 3.05) is 6.54 Å². The third kappa shape index (κ3) is 6.15. The smallest absolute Gasteiger partial charge is 0.0968 e. The maximum atomic E-state index is 6.09. The van der Waals surface area contributed by atoms with Crippen molar-refractivity contribution in [1.82, 2.24) is 10.6 Å². The van der Waals surface area contributed by atoms with E-state index < -0.39 is 0 Å². The van der Waals surface area contributed by atoms with Crippen molar-refractivity contribution in [3.8, 4) is 0 Å². The van der Waals surface area contributed by atoms with Gasteiger partial charge in [-0.05, 0) is 75.8 Å². The number of rotatable bonds is 8. The molecule has 3 rings (SSSR count). The van der Waals surface area contributed by atoms with Crippen molar-refractivity contribution in [2.24, 2.45) is 5.92 Å². The maximum absolute atomic E-state index is 6.09. The molecule has 0 fully saturated rings. The molecule has 152 valence electrons. The average Bonchev–Trinajstić information content (AvgIpc) is 2.67. The topological polar surface area (TPSA) is 33.3 Å². The first-order valence-electron chi connectivity index (χ1n) is 10.6. The predicted octanol–water partition coefficient (Wildman–Crippen LogP) is 5.84. The standard InChI is InChI=1S/C24H33ClN2O/c1-4-26-22-11-14-24(19(16-22)15-18-5-7-20(25)8-6-18)27-21-9-12-23(13-10-21)28-17(2)3/h5,7-9,12,14,16-18,22,26-27H,4,6,10-11,13,15H2,1-3H3. The molecule has 0 radical (unpaired) electrons. The summed E-state index contributed by atoms with van der Waals surface area (Å²) in [6, 6.07) is 0.420. The van der Waals surface area contributed by atoms with Crippen molar-refractivity contribution in [2.45, 2.75) is 65.0 Å². The van der Waals surface area contributed by atoms with E-state index in [0.29, 0.717) is 12.0 Å². The molecule has 3 aliphatic rings. The minimum absolute atomic E-state index is 0.235. The largest absolute Gasteiger partial charge is 0.495 e. The van der Waals surface area contributed by atoms with Crippen molar-refractivity contribution in [1.29, 1.82) is 0 Å². The highest BCUT2D eigenvalue weighted by Gasteiger charge is 2.20.